The number of rotatable bonds is 3. The highest BCUT2D eigenvalue weighted by atomic mass is 32.2. The lowest BCUT2D eigenvalue weighted by molar-refractivity contribution is 0.414. The molecule has 0 amide bonds. The molecule has 1 fully saturated rings. The van der Waals surface area contributed by atoms with Crippen molar-refractivity contribution in [3.05, 3.63) is 58.4 Å². The van der Waals surface area contributed by atoms with Gasteiger partial charge in [0.2, 0.25) is 0 Å². The Morgan fingerprint density at radius 2 is 1.97 bits per heavy atom. The van der Waals surface area contributed by atoms with E-state index in [2.05, 4.69) is 15.1 Å². The van der Waals surface area contributed by atoms with E-state index in [1.165, 1.54) is 16.8 Å². The molecular formula is C20H19N5O4S. The van der Waals surface area contributed by atoms with E-state index in [9.17, 15) is 18.3 Å². The van der Waals surface area contributed by atoms with Crippen LogP contribution in [0.1, 0.15) is 24.8 Å². The third-order valence-electron chi connectivity index (χ3n) is 5.46. The van der Waals surface area contributed by atoms with E-state index < -0.39 is 15.6 Å². The minimum Gasteiger partial charge on any atom is -0.506 e. The normalized spacial score (nSPS) is 17.5. The SMILES string of the molecule is Nc1ccc2c(c1)S(=O)(=O)N=C(c1c(O)c3ccccc3n(NC3CCC3)c1=O)N2. The van der Waals surface area contributed by atoms with E-state index in [1.54, 1.807) is 30.3 Å². The average molecular weight is 425 g/mol. The van der Waals surface area contributed by atoms with Gasteiger partial charge in [-0.05, 0) is 49.6 Å². The number of pyridine rings is 1. The summed E-state index contributed by atoms with van der Waals surface area (Å²) in [5.41, 5.74) is 9.10. The van der Waals surface area contributed by atoms with Crippen molar-refractivity contribution in [1.82, 2.24) is 4.68 Å². The first kappa shape index (κ1) is 18.5. The molecule has 10 heteroatoms. The summed E-state index contributed by atoms with van der Waals surface area (Å²) in [6, 6.07) is 11.4. The highest BCUT2D eigenvalue weighted by molar-refractivity contribution is 7.90. The number of amidine groups is 1. The number of benzene rings is 2. The maximum Gasteiger partial charge on any atom is 0.286 e. The van der Waals surface area contributed by atoms with E-state index in [-0.39, 0.29) is 39.5 Å². The minimum atomic E-state index is -4.11. The molecule has 1 aliphatic heterocycles. The fourth-order valence-corrected chi connectivity index (χ4v) is 4.83. The van der Waals surface area contributed by atoms with E-state index >= 15 is 0 Å². The molecule has 3 aromatic rings. The van der Waals surface area contributed by atoms with Crippen LogP contribution in [-0.4, -0.2) is 30.1 Å². The molecule has 5 rings (SSSR count). The van der Waals surface area contributed by atoms with Crippen molar-refractivity contribution < 1.29 is 13.5 Å². The Balaban J connectivity index is 1.74. The minimum absolute atomic E-state index is 0.0838. The van der Waals surface area contributed by atoms with Gasteiger partial charge in [-0.2, -0.15) is 8.42 Å². The predicted octanol–water partition coefficient (Wildman–Crippen LogP) is 1.95. The van der Waals surface area contributed by atoms with E-state index in [4.69, 9.17) is 5.73 Å². The molecule has 1 aromatic heterocycles. The number of sulfonamides is 1. The van der Waals surface area contributed by atoms with Crippen molar-refractivity contribution in [2.24, 2.45) is 4.40 Å². The van der Waals surface area contributed by atoms with Crippen LogP contribution in [0.3, 0.4) is 0 Å². The molecule has 2 aromatic carbocycles. The van der Waals surface area contributed by atoms with Crippen molar-refractivity contribution >= 4 is 38.1 Å². The van der Waals surface area contributed by atoms with E-state index in [0.29, 0.717) is 10.9 Å². The molecule has 0 spiro atoms. The maximum atomic E-state index is 13.4. The molecule has 0 saturated heterocycles. The molecule has 0 unspecified atom stereocenters. The van der Waals surface area contributed by atoms with Gasteiger partial charge in [0.25, 0.3) is 15.6 Å². The zero-order chi connectivity index (χ0) is 21.0. The highest BCUT2D eigenvalue weighted by Crippen LogP contribution is 2.33. The van der Waals surface area contributed by atoms with Crippen molar-refractivity contribution in [3.63, 3.8) is 0 Å². The predicted molar refractivity (Wildman–Crippen MR) is 115 cm³/mol. The Hall–Kier alpha value is -3.53. The first-order chi connectivity index (χ1) is 14.3. The average Bonchev–Trinajstić information content (AvgIpc) is 2.67. The lowest BCUT2D eigenvalue weighted by Crippen LogP contribution is -2.42. The summed E-state index contributed by atoms with van der Waals surface area (Å²) in [7, 11) is -4.11. The number of aromatic nitrogens is 1. The number of nitrogens with two attached hydrogens (primary N) is 1. The maximum absolute atomic E-state index is 13.4. The van der Waals surface area contributed by atoms with Gasteiger partial charge in [0.05, 0.1) is 11.2 Å². The smallest absolute Gasteiger partial charge is 0.286 e. The largest absolute Gasteiger partial charge is 0.506 e. The number of hydrogen-bond acceptors (Lipinski definition) is 7. The van der Waals surface area contributed by atoms with Gasteiger partial charge in [-0.15, -0.1) is 4.40 Å². The number of fused-ring (bicyclic) bond motifs is 2. The number of nitrogen functional groups attached to an aromatic ring is 1. The summed E-state index contributed by atoms with van der Waals surface area (Å²) >= 11 is 0. The second kappa shape index (κ2) is 6.49. The van der Waals surface area contributed by atoms with Crippen LogP contribution in [0.15, 0.2) is 56.6 Å². The van der Waals surface area contributed by atoms with Gasteiger partial charge in [0.15, 0.2) is 5.84 Å². The molecule has 30 heavy (non-hydrogen) atoms. The summed E-state index contributed by atoms with van der Waals surface area (Å²) < 4.78 is 30.6. The first-order valence-electron chi connectivity index (χ1n) is 9.50. The molecule has 1 saturated carbocycles. The Kier molecular flexibility index (Phi) is 4.00. The molecule has 154 valence electrons. The fraction of sp³-hybridized carbons (Fsp3) is 0.200. The van der Waals surface area contributed by atoms with Crippen LogP contribution < -0.4 is 22.0 Å². The molecule has 1 aliphatic carbocycles. The van der Waals surface area contributed by atoms with Crippen molar-refractivity contribution in [1.29, 1.82) is 0 Å². The third-order valence-corrected chi connectivity index (χ3v) is 6.77. The number of nitrogens with one attached hydrogen (secondary N) is 2. The Bertz CT molecular complexity index is 1390. The zero-order valence-electron chi connectivity index (χ0n) is 15.8. The van der Waals surface area contributed by atoms with Crippen LogP contribution in [0, 0.1) is 0 Å². The molecule has 0 bridgehead atoms. The van der Waals surface area contributed by atoms with Gasteiger partial charge in [-0.25, -0.2) is 4.68 Å². The van der Waals surface area contributed by atoms with Crippen molar-refractivity contribution in [2.75, 3.05) is 16.5 Å². The van der Waals surface area contributed by atoms with Gasteiger partial charge < -0.3 is 21.6 Å². The van der Waals surface area contributed by atoms with Gasteiger partial charge in [0, 0.05) is 17.1 Å². The Morgan fingerprint density at radius 1 is 1.20 bits per heavy atom. The second-order valence-corrected chi connectivity index (χ2v) is 9.01. The number of nitrogens with zero attached hydrogens (tertiary/aromatic N) is 2. The Labute approximate surface area is 171 Å². The van der Waals surface area contributed by atoms with Crippen LogP contribution in [0.4, 0.5) is 11.4 Å². The van der Waals surface area contributed by atoms with Crippen molar-refractivity contribution in [2.45, 2.75) is 30.2 Å². The molecule has 2 aliphatic rings. The van der Waals surface area contributed by atoms with E-state index in [0.717, 1.165) is 19.3 Å². The Morgan fingerprint density at radius 3 is 2.70 bits per heavy atom. The lowest BCUT2D eigenvalue weighted by atomic mass is 9.94. The molecule has 0 radical (unpaired) electrons. The second-order valence-electron chi connectivity index (χ2n) is 7.43. The van der Waals surface area contributed by atoms with E-state index in [1.807, 2.05) is 0 Å². The summed E-state index contributed by atoms with van der Waals surface area (Å²) in [5, 5.41) is 14.2. The van der Waals surface area contributed by atoms with Crippen LogP contribution in [0.2, 0.25) is 0 Å². The van der Waals surface area contributed by atoms with Gasteiger partial charge in [-0.3, -0.25) is 4.79 Å². The van der Waals surface area contributed by atoms with Gasteiger partial charge in [0.1, 0.15) is 16.2 Å². The van der Waals surface area contributed by atoms with Gasteiger partial charge in [-0.1, -0.05) is 12.1 Å². The number of hydrogen-bond donors (Lipinski definition) is 4. The topological polar surface area (TPSA) is 139 Å². The van der Waals surface area contributed by atoms with Gasteiger partial charge >= 0.3 is 0 Å². The zero-order valence-corrected chi connectivity index (χ0v) is 16.6. The quantitative estimate of drug-likeness (QED) is 0.470. The fourth-order valence-electron chi connectivity index (χ4n) is 3.67. The van der Waals surface area contributed by atoms with Crippen LogP contribution in [0.5, 0.6) is 5.75 Å². The molecule has 5 N–H and O–H groups in total. The molecule has 9 nitrogen and oxygen atoms in total. The number of anilines is 2. The lowest BCUT2D eigenvalue weighted by Gasteiger charge is -2.29. The number of para-hydroxylation sites is 1. The van der Waals surface area contributed by atoms with Crippen LogP contribution in [-0.2, 0) is 10.0 Å². The molecule has 2 heterocycles. The first-order valence-corrected chi connectivity index (χ1v) is 10.9. The summed E-state index contributed by atoms with van der Waals surface area (Å²) in [6.45, 7) is 0. The summed E-state index contributed by atoms with van der Waals surface area (Å²) in [6.07, 6.45) is 2.93. The standard InChI is InChI=1S/C20H19N5O4S/c21-11-8-9-14-16(10-11)30(28,29)24-19(22-14)17-18(26)13-6-1-2-7-15(13)25(20(17)27)23-12-4-3-5-12/h1-2,6-10,12,23,26H,3-5,21H2,(H,22,24). The molecular weight excluding hydrogens is 406 g/mol. The molecule has 0 atom stereocenters. The summed E-state index contributed by atoms with van der Waals surface area (Å²) in [4.78, 5) is 13.3. The number of aromatic hydroxyl groups is 1. The monoisotopic (exact) mass is 425 g/mol. The van der Waals surface area contributed by atoms with Crippen LogP contribution in [0.25, 0.3) is 10.9 Å². The highest BCUT2D eigenvalue weighted by Gasteiger charge is 2.30. The van der Waals surface area contributed by atoms with Crippen LogP contribution >= 0.6 is 0 Å². The van der Waals surface area contributed by atoms with Crippen molar-refractivity contribution in [3.8, 4) is 5.75 Å². The third kappa shape index (κ3) is 2.79. The summed E-state index contributed by atoms with van der Waals surface area (Å²) in [5.74, 6) is -0.563.